The summed E-state index contributed by atoms with van der Waals surface area (Å²) in [6, 6.07) is 6.66. The number of rotatable bonds is 10. The number of sulfonamides is 1. The van der Waals surface area contributed by atoms with Crippen LogP contribution in [0.3, 0.4) is 0 Å². The van der Waals surface area contributed by atoms with Crippen molar-refractivity contribution in [1.82, 2.24) is 10.3 Å². The number of aromatic nitrogens is 1. The largest absolute Gasteiger partial charge is 0.495 e. The van der Waals surface area contributed by atoms with Gasteiger partial charge in [0.1, 0.15) is 10.6 Å². The van der Waals surface area contributed by atoms with Crippen LogP contribution in [-0.2, 0) is 16.4 Å². The Morgan fingerprint density at radius 3 is 2.62 bits per heavy atom. The first-order chi connectivity index (χ1) is 13.9. The van der Waals surface area contributed by atoms with E-state index in [-0.39, 0.29) is 16.4 Å². The van der Waals surface area contributed by atoms with Gasteiger partial charge in [0.05, 0.1) is 30.8 Å². The van der Waals surface area contributed by atoms with Crippen LogP contribution in [0.1, 0.15) is 49.0 Å². The molecule has 0 aliphatic carbocycles. The molecule has 29 heavy (non-hydrogen) atoms. The van der Waals surface area contributed by atoms with Crippen LogP contribution in [0.5, 0.6) is 5.75 Å². The van der Waals surface area contributed by atoms with Gasteiger partial charge in [0.2, 0.25) is 0 Å². The third-order valence-corrected chi connectivity index (χ3v) is 6.52. The lowest BCUT2D eigenvalue weighted by Crippen LogP contribution is -2.32. The van der Waals surface area contributed by atoms with Crippen LogP contribution in [0.2, 0.25) is 0 Å². The van der Waals surface area contributed by atoms with E-state index < -0.39 is 10.0 Å². The summed E-state index contributed by atoms with van der Waals surface area (Å²) < 4.78 is 33.5. The van der Waals surface area contributed by atoms with E-state index in [1.807, 2.05) is 13.8 Å². The summed E-state index contributed by atoms with van der Waals surface area (Å²) in [7, 11) is -1.06. The fourth-order valence-corrected chi connectivity index (χ4v) is 4.52. The zero-order valence-corrected chi connectivity index (χ0v) is 18.3. The van der Waals surface area contributed by atoms with Crippen molar-refractivity contribution >= 4 is 21.6 Å². The first-order valence-corrected chi connectivity index (χ1v) is 11.2. The van der Waals surface area contributed by atoms with Crippen molar-refractivity contribution in [2.45, 2.75) is 44.4 Å². The number of ether oxygens (including phenoxy) is 1. The first kappa shape index (κ1) is 22.7. The van der Waals surface area contributed by atoms with Crippen LogP contribution in [0.4, 0.5) is 5.69 Å². The lowest BCUT2D eigenvalue weighted by atomic mass is 10.0. The molecule has 0 bridgehead atoms. The van der Waals surface area contributed by atoms with Gasteiger partial charge in [0, 0.05) is 19.7 Å². The van der Waals surface area contributed by atoms with Gasteiger partial charge in [-0.15, -0.1) is 0 Å². The molecule has 0 aliphatic heterocycles. The van der Waals surface area contributed by atoms with Crippen LogP contribution in [0, 0.1) is 0 Å². The maximum Gasteiger partial charge on any atom is 0.265 e. The van der Waals surface area contributed by atoms with Gasteiger partial charge in [-0.1, -0.05) is 32.4 Å². The van der Waals surface area contributed by atoms with Gasteiger partial charge >= 0.3 is 0 Å². The second-order valence-electron chi connectivity index (χ2n) is 6.71. The molecule has 1 amide bonds. The first-order valence-electron chi connectivity index (χ1n) is 9.74. The highest BCUT2D eigenvalue weighted by Gasteiger charge is 2.30. The highest BCUT2D eigenvalue weighted by molar-refractivity contribution is 7.93. The average Bonchev–Trinajstić information content (AvgIpc) is 2.74. The summed E-state index contributed by atoms with van der Waals surface area (Å²) in [4.78, 5) is 16.8. The van der Waals surface area contributed by atoms with Crippen molar-refractivity contribution in [3.05, 3.63) is 47.8 Å². The lowest BCUT2D eigenvalue weighted by Gasteiger charge is -2.23. The molecule has 2 rings (SSSR count). The zero-order valence-electron chi connectivity index (χ0n) is 17.4. The molecule has 0 fully saturated rings. The second-order valence-corrected chi connectivity index (χ2v) is 8.61. The molecule has 158 valence electrons. The van der Waals surface area contributed by atoms with E-state index in [0.29, 0.717) is 30.0 Å². The van der Waals surface area contributed by atoms with Gasteiger partial charge in [0.15, 0.2) is 0 Å². The van der Waals surface area contributed by atoms with Crippen molar-refractivity contribution in [2.24, 2.45) is 0 Å². The number of carbonyl (C=O) groups excluding carboxylic acids is 1. The highest BCUT2D eigenvalue weighted by atomic mass is 32.2. The molecule has 0 aliphatic rings. The number of pyridine rings is 1. The molecule has 2 aromatic rings. The zero-order chi connectivity index (χ0) is 21.4. The normalized spacial score (nSPS) is 11.2. The number of hydrogen-bond acceptors (Lipinski definition) is 5. The predicted octanol–water partition coefficient (Wildman–Crippen LogP) is 3.40. The highest BCUT2D eigenvalue weighted by Crippen LogP contribution is 2.29. The number of aryl methyl sites for hydroxylation is 1. The number of amides is 1. The number of carbonyl (C=O) groups is 1. The van der Waals surface area contributed by atoms with E-state index in [2.05, 4.69) is 10.3 Å². The molecule has 1 heterocycles. The third-order valence-electron chi connectivity index (χ3n) is 4.59. The Morgan fingerprint density at radius 2 is 1.97 bits per heavy atom. The van der Waals surface area contributed by atoms with E-state index in [1.165, 1.54) is 26.6 Å². The third kappa shape index (κ3) is 5.26. The molecule has 1 N–H and O–H groups in total. The molecule has 1 aromatic heterocycles. The van der Waals surface area contributed by atoms with Gasteiger partial charge in [0.25, 0.3) is 15.9 Å². The smallest absolute Gasteiger partial charge is 0.265 e. The number of anilines is 1. The van der Waals surface area contributed by atoms with Crippen molar-refractivity contribution in [3.8, 4) is 5.75 Å². The van der Waals surface area contributed by atoms with E-state index in [0.717, 1.165) is 23.6 Å². The maximum absolute atomic E-state index is 13.6. The number of benzene rings is 1. The summed E-state index contributed by atoms with van der Waals surface area (Å²) in [6.45, 7) is 4.46. The maximum atomic E-state index is 13.6. The fraction of sp³-hybridized carbons (Fsp3) is 0.429. The van der Waals surface area contributed by atoms with Crippen LogP contribution in [0.25, 0.3) is 0 Å². The minimum Gasteiger partial charge on any atom is -0.495 e. The lowest BCUT2D eigenvalue weighted by molar-refractivity contribution is 0.0950. The summed E-state index contributed by atoms with van der Waals surface area (Å²) in [5.74, 6) is 0.0608. The molecular formula is C21H29N3O4S. The Hall–Kier alpha value is -2.61. The van der Waals surface area contributed by atoms with Crippen molar-refractivity contribution in [3.63, 3.8) is 0 Å². The summed E-state index contributed by atoms with van der Waals surface area (Å²) in [6.07, 6.45) is 6.03. The predicted molar refractivity (Wildman–Crippen MR) is 114 cm³/mol. The van der Waals surface area contributed by atoms with Gasteiger partial charge in [-0.25, -0.2) is 8.42 Å². The monoisotopic (exact) mass is 419 g/mol. The average molecular weight is 420 g/mol. The summed E-state index contributed by atoms with van der Waals surface area (Å²) in [5.41, 5.74) is 1.16. The van der Waals surface area contributed by atoms with Crippen LogP contribution < -0.4 is 14.4 Å². The molecule has 1 aromatic carbocycles. The number of methoxy groups -OCH3 is 1. The van der Waals surface area contributed by atoms with Crippen molar-refractivity contribution < 1.29 is 17.9 Å². The standard InChI is InChI=1S/C21H29N3O4S/c1-5-7-9-16-10-8-11-19(21(25)23-12-6-2)20(16)29(26,27)24(3)17-13-18(28-4)15-22-14-17/h8,10-11,13-15H,5-7,9,12H2,1-4H3,(H,23,25). The SMILES string of the molecule is CCCCc1cccc(C(=O)NCCC)c1S(=O)(=O)N(C)c1cncc(OC)c1. The fourth-order valence-electron chi connectivity index (χ4n) is 2.93. The van der Waals surface area contributed by atoms with Crippen LogP contribution in [0.15, 0.2) is 41.6 Å². The Balaban J connectivity index is 2.59. The van der Waals surface area contributed by atoms with E-state index in [1.54, 1.807) is 24.3 Å². The minimum atomic E-state index is -4.00. The molecule has 7 nitrogen and oxygen atoms in total. The van der Waals surface area contributed by atoms with Gasteiger partial charge in [-0.3, -0.25) is 14.1 Å². The Morgan fingerprint density at radius 1 is 1.21 bits per heavy atom. The number of unbranched alkanes of at least 4 members (excludes halogenated alkanes) is 1. The molecule has 0 unspecified atom stereocenters. The molecular weight excluding hydrogens is 390 g/mol. The molecule has 0 atom stereocenters. The van der Waals surface area contributed by atoms with Crippen LogP contribution in [-0.4, -0.2) is 40.0 Å². The van der Waals surface area contributed by atoms with Crippen LogP contribution >= 0.6 is 0 Å². The van der Waals surface area contributed by atoms with E-state index in [4.69, 9.17) is 4.74 Å². The molecule has 0 saturated heterocycles. The molecule has 0 spiro atoms. The van der Waals surface area contributed by atoms with Crippen molar-refractivity contribution in [2.75, 3.05) is 25.0 Å². The van der Waals surface area contributed by atoms with Gasteiger partial charge in [-0.2, -0.15) is 0 Å². The molecule has 0 radical (unpaired) electrons. The number of nitrogens with zero attached hydrogens (tertiary/aromatic N) is 2. The topological polar surface area (TPSA) is 88.6 Å². The van der Waals surface area contributed by atoms with Crippen molar-refractivity contribution in [1.29, 1.82) is 0 Å². The van der Waals surface area contributed by atoms with E-state index >= 15 is 0 Å². The van der Waals surface area contributed by atoms with Gasteiger partial charge < -0.3 is 10.1 Å². The minimum absolute atomic E-state index is 0.0485. The quantitative estimate of drug-likeness (QED) is 0.638. The Bertz CT molecular complexity index is 945. The summed E-state index contributed by atoms with van der Waals surface area (Å²) >= 11 is 0. The number of hydrogen-bond donors (Lipinski definition) is 1. The molecule has 8 heteroatoms. The summed E-state index contributed by atoms with van der Waals surface area (Å²) in [5, 5.41) is 2.79. The molecule has 0 saturated carbocycles. The number of nitrogens with one attached hydrogen (secondary N) is 1. The second kappa shape index (κ2) is 10.2. The van der Waals surface area contributed by atoms with Gasteiger partial charge in [-0.05, 0) is 30.9 Å². The Kier molecular flexibility index (Phi) is 8.01. The Labute approximate surface area is 173 Å². The van der Waals surface area contributed by atoms with E-state index in [9.17, 15) is 13.2 Å².